The quantitative estimate of drug-likeness (QED) is 0.251. The molecule has 0 aliphatic carbocycles. The van der Waals surface area contributed by atoms with Gasteiger partial charge in [0.2, 0.25) is 0 Å². The van der Waals surface area contributed by atoms with Crippen molar-refractivity contribution in [1.29, 1.82) is 0 Å². The van der Waals surface area contributed by atoms with E-state index in [4.69, 9.17) is 11.6 Å². The van der Waals surface area contributed by atoms with Gasteiger partial charge in [-0.25, -0.2) is 4.98 Å². The van der Waals surface area contributed by atoms with Gasteiger partial charge in [-0.3, -0.25) is 14.9 Å². The Morgan fingerprint density at radius 1 is 1.26 bits per heavy atom. The molecule has 0 amide bonds. The van der Waals surface area contributed by atoms with Gasteiger partial charge in [0.05, 0.1) is 9.82 Å². The van der Waals surface area contributed by atoms with Crippen LogP contribution in [0, 0.1) is 10.1 Å². The second-order valence-corrected chi connectivity index (χ2v) is 7.06. The monoisotopic (exact) mass is 399 g/mol. The summed E-state index contributed by atoms with van der Waals surface area (Å²) in [5.41, 5.74) is 1.02. The number of carbonyl (C=O) groups excluding carboxylic acids is 1. The standard InChI is InChI=1S/C19H14ClN3O3S/c1-22-11-10-21-19(22)27-18-9-3-13(12-16(18)23(25)26)2-8-17(24)14-4-6-15(20)7-5-14/h2-12H,1H3. The van der Waals surface area contributed by atoms with Crippen LogP contribution in [0.3, 0.4) is 0 Å². The number of imidazole rings is 1. The summed E-state index contributed by atoms with van der Waals surface area (Å²) >= 11 is 7.02. The number of benzene rings is 2. The molecule has 1 aromatic heterocycles. The van der Waals surface area contributed by atoms with Gasteiger partial charge >= 0.3 is 0 Å². The van der Waals surface area contributed by atoms with Gasteiger partial charge in [0.15, 0.2) is 10.9 Å². The summed E-state index contributed by atoms with van der Waals surface area (Å²) in [5, 5.41) is 12.6. The number of halogens is 1. The van der Waals surface area contributed by atoms with Gasteiger partial charge < -0.3 is 4.57 Å². The zero-order valence-electron chi connectivity index (χ0n) is 14.2. The molecule has 0 saturated carbocycles. The highest BCUT2D eigenvalue weighted by molar-refractivity contribution is 7.99. The number of allylic oxidation sites excluding steroid dienone is 1. The van der Waals surface area contributed by atoms with Crippen molar-refractivity contribution in [3.05, 3.63) is 87.2 Å². The van der Waals surface area contributed by atoms with Crippen LogP contribution in [0.15, 0.2) is 71.0 Å². The largest absolute Gasteiger partial charge is 0.329 e. The summed E-state index contributed by atoms with van der Waals surface area (Å²) in [7, 11) is 1.82. The van der Waals surface area contributed by atoms with E-state index in [1.807, 2.05) is 7.05 Å². The Kier molecular flexibility index (Phi) is 5.73. The molecule has 2 aromatic carbocycles. The van der Waals surface area contributed by atoms with Crippen molar-refractivity contribution in [2.24, 2.45) is 7.05 Å². The highest BCUT2D eigenvalue weighted by Crippen LogP contribution is 2.34. The van der Waals surface area contributed by atoms with Gasteiger partial charge in [0.1, 0.15) is 0 Å². The summed E-state index contributed by atoms with van der Waals surface area (Å²) in [6.45, 7) is 0. The molecule has 0 fully saturated rings. The highest BCUT2D eigenvalue weighted by atomic mass is 35.5. The average molecular weight is 400 g/mol. The van der Waals surface area contributed by atoms with E-state index in [0.717, 1.165) is 0 Å². The Labute approximate surface area is 164 Å². The van der Waals surface area contributed by atoms with Crippen molar-refractivity contribution in [3.8, 4) is 0 Å². The molecule has 0 N–H and O–H groups in total. The van der Waals surface area contributed by atoms with Crippen LogP contribution in [0.1, 0.15) is 15.9 Å². The third-order valence-corrected chi connectivity index (χ3v) is 5.11. The predicted molar refractivity (Wildman–Crippen MR) is 105 cm³/mol. The molecule has 0 radical (unpaired) electrons. The number of hydrogen-bond donors (Lipinski definition) is 0. The number of nitro groups is 1. The Morgan fingerprint density at radius 2 is 2.00 bits per heavy atom. The Balaban J connectivity index is 1.83. The average Bonchev–Trinajstić information content (AvgIpc) is 3.05. The van der Waals surface area contributed by atoms with Crippen molar-refractivity contribution in [2.75, 3.05) is 0 Å². The van der Waals surface area contributed by atoms with E-state index < -0.39 is 4.92 Å². The molecule has 0 atom stereocenters. The van der Waals surface area contributed by atoms with Crippen molar-refractivity contribution in [2.45, 2.75) is 10.1 Å². The van der Waals surface area contributed by atoms with Crippen molar-refractivity contribution in [3.63, 3.8) is 0 Å². The molecule has 3 rings (SSSR count). The van der Waals surface area contributed by atoms with E-state index in [1.165, 1.54) is 23.9 Å². The lowest BCUT2D eigenvalue weighted by Gasteiger charge is -2.04. The van der Waals surface area contributed by atoms with Crippen LogP contribution in [-0.4, -0.2) is 20.3 Å². The first-order chi connectivity index (χ1) is 12.9. The molecule has 27 heavy (non-hydrogen) atoms. The van der Waals surface area contributed by atoms with E-state index in [1.54, 1.807) is 59.4 Å². The van der Waals surface area contributed by atoms with E-state index in [-0.39, 0.29) is 11.5 Å². The van der Waals surface area contributed by atoms with Crippen LogP contribution in [0.25, 0.3) is 6.08 Å². The molecular formula is C19H14ClN3O3S. The summed E-state index contributed by atoms with van der Waals surface area (Å²) in [6, 6.07) is 11.4. The van der Waals surface area contributed by atoms with E-state index in [9.17, 15) is 14.9 Å². The van der Waals surface area contributed by atoms with Gasteiger partial charge in [0, 0.05) is 36.1 Å². The number of nitro benzene ring substituents is 1. The van der Waals surface area contributed by atoms with Gasteiger partial charge in [-0.2, -0.15) is 0 Å². The molecule has 1 heterocycles. The first-order valence-electron chi connectivity index (χ1n) is 7.85. The molecule has 0 aliphatic heterocycles. The lowest BCUT2D eigenvalue weighted by Crippen LogP contribution is -1.95. The van der Waals surface area contributed by atoms with Crippen molar-refractivity contribution in [1.82, 2.24) is 9.55 Å². The number of hydrogen-bond acceptors (Lipinski definition) is 5. The molecule has 6 nitrogen and oxygen atoms in total. The zero-order valence-corrected chi connectivity index (χ0v) is 15.8. The fourth-order valence-electron chi connectivity index (χ4n) is 2.30. The van der Waals surface area contributed by atoms with Crippen LogP contribution >= 0.6 is 23.4 Å². The topological polar surface area (TPSA) is 78.0 Å². The number of nitrogens with zero attached hydrogens (tertiary/aromatic N) is 3. The SMILES string of the molecule is Cn1ccnc1Sc1ccc(C=CC(=O)c2ccc(Cl)cc2)cc1[N+](=O)[O-]. The molecule has 136 valence electrons. The number of aromatic nitrogens is 2. The number of ketones is 1. The minimum absolute atomic E-state index is 0.0379. The number of carbonyl (C=O) groups is 1. The Morgan fingerprint density at radius 3 is 2.63 bits per heavy atom. The fourth-order valence-corrected chi connectivity index (χ4v) is 3.31. The maximum Gasteiger partial charge on any atom is 0.283 e. The summed E-state index contributed by atoms with van der Waals surface area (Å²) in [4.78, 5) is 27.8. The Hall–Kier alpha value is -2.90. The highest BCUT2D eigenvalue weighted by Gasteiger charge is 2.17. The van der Waals surface area contributed by atoms with E-state index >= 15 is 0 Å². The summed E-state index contributed by atoms with van der Waals surface area (Å²) in [5.74, 6) is -0.208. The lowest BCUT2D eigenvalue weighted by atomic mass is 10.1. The summed E-state index contributed by atoms with van der Waals surface area (Å²) < 4.78 is 1.78. The van der Waals surface area contributed by atoms with Crippen LogP contribution in [0.4, 0.5) is 5.69 Å². The normalized spacial score (nSPS) is 11.0. The second-order valence-electron chi connectivity index (χ2n) is 5.61. The van der Waals surface area contributed by atoms with Gasteiger partial charge in [-0.1, -0.05) is 23.7 Å². The zero-order chi connectivity index (χ0) is 19.4. The van der Waals surface area contributed by atoms with Crippen molar-refractivity contribution < 1.29 is 9.72 Å². The second kappa shape index (κ2) is 8.20. The van der Waals surface area contributed by atoms with Crippen LogP contribution in [0.5, 0.6) is 0 Å². The molecule has 0 aliphatic rings. The smallest absolute Gasteiger partial charge is 0.283 e. The first-order valence-corrected chi connectivity index (χ1v) is 9.05. The molecule has 0 bridgehead atoms. The van der Waals surface area contributed by atoms with Crippen LogP contribution in [-0.2, 0) is 7.05 Å². The van der Waals surface area contributed by atoms with E-state index in [0.29, 0.717) is 26.2 Å². The van der Waals surface area contributed by atoms with Crippen molar-refractivity contribution >= 4 is 40.9 Å². The third-order valence-electron chi connectivity index (χ3n) is 3.71. The summed E-state index contributed by atoms with van der Waals surface area (Å²) in [6.07, 6.45) is 6.34. The number of aryl methyl sites for hydroxylation is 1. The molecule has 8 heteroatoms. The lowest BCUT2D eigenvalue weighted by molar-refractivity contribution is -0.387. The minimum atomic E-state index is -0.441. The first kappa shape index (κ1) is 18.9. The predicted octanol–water partition coefficient (Wildman–Crippen LogP) is 5.03. The molecule has 0 spiro atoms. The maximum atomic E-state index is 12.2. The van der Waals surface area contributed by atoms with E-state index in [2.05, 4.69) is 4.98 Å². The fraction of sp³-hybridized carbons (Fsp3) is 0.0526. The van der Waals surface area contributed by atoms with Gasteiger partial charge in [-0.05, 0) is 53.7 Å². The minimum Gasteiger partial charge on any atom is -0.329 e. The molecule has 3 aromatic rings. The Bertz CT molecular complexity index is 1030. The maximum absolute atomic E-state index is 12.2. The third kappa shape index (κ3) is 4.64. The van der Waals surface area contributed by atoms with Gasteiger partial charge in [0.25, 0.3) is 5.69 Å². The van der Waals surface area contributed by atoms with Crippen LogP contribution in [0.2, 0.25) is 5.02 Å². The van der Waals surface area contributed by atoms with Crippen LogP contribution < -0.4 is 0 Å². The molecular weight excluding hydrogens is 386 g/mol. The van der Waals surface area contributed by atoms with Gasteiger partial charge in [-0.15, -0.1) is 0 Å². The number of rotatable bonds is 6. The molecule has 0 saturated heterocycles. The molecule has 0 unspecified atom stereocenters.